The van der Waals surface area contributed by atoms with Gasteiger partial charge in [0.25, 0.3) is 0 Å². The Morgan fingerprint density at radius 3 is 2.62 bits per heavy atom. The summed E-state index contributed by atoms with van der Waals surface area (Å²) in [4.78, 5) is 39.9. The van der Waals surface area contributed by atoms with Gasteiger partial charge in [0, 0.05) is 11.3 Å². The molecule has 0 fully saturated rings. The topological polar surface area (TPSA) is 110 Å². The minimum atomic E-state index is -0.483. The summed E-state index contributed by atoms with van der Waals surface area (Å²) < 4.78 is 6.52. The van der Waals surface area contributed by atoms with Crippen LogP contribution in [0.5, 0.6) is 0 Å². The van der Waals surface area contributed by atoms with E-state index < -0.39 is 5.97 Å². The SMILES string of the molecule is CCOC(=O)c1[nH]c(C)c(C(=O)CSc2n[nH]c(=O)n2Cc2ccccc2)c1C. The summed E-state index contributed by atoms with van der Waals surface area (Å²) in [5, 5.41) is 6.90. The molecule has 0 unspecified atom stereocenters. The second kappa shape index (κ2) is 8.95. The van der Waals surface area contributed by atoms with Crippen LogP contribution in [0, 0.1) is 13.8 Å². The fraction of sp³-hybridized carbons (Fsp3) is 0.300. The van der Waals surface area contributed by atoms with Gasteiger partial charge in [-0.1, -0.05) is 42.1 Å². The van der Waals surface area contributed by atoms with E-state index in [4.69, 9.17) is 4.74 Å². The number of thioether (sulfide) groups is 1. The zero-order chi connectivity index (χ0) is 21.0. The van der Waals surface area contributed by atoms with E-state index in [0.717, 1.165) is 5.56 Å². The van der Waals surface area contributed by atoms with Crippen LogP contribution in [-0.4, -0.2) is 43.9 Å². The van der Waals surface area contributed by atoms with Gasteiger partial charge < -0.3 is 9.72 Å². The average molecular weight is 414 g/mol. The summed E-state index contributed by atoms with van der Waals surface area (Å²) in [6.07, 6.45) is 0. The quantitative estimate of drug-likeness (QED) is 0.333. The second-order valence-corrected chi connectivity index (χ2v) is 7.38. The van der Waals surface area contributed by atoms with E-state index in [9.17, 15) is 14.4 Å². The summed E-state index contributed by atoms with van der Waals surface area (Å²) in [7, 11) is 0. The molecule has 0 atom stereocenters. The van der Waals surface area contributed by atoms with Gasteiger partial charge in [0.05, 0.1) is 18.9 Å². The Balaban J connectivity index is 1.75. The van der Waals surface area contributed by atoms with E-state index in [1.807, 2.05) is 30.3 Å². The van der Waals surface area contributed by atoms with Gasteiger partial charge in [0.15, 0.2) is 10.9 Å². The number of carbonyl (C=O) groups excluding carboxylic acids is 2. The highest BCUT2D eigenvalue weighted by Gasteiger charge is 2.23. The maximum absolute atomic E-state index is 12.8. The Bertz CT molecular complexity index is 1080. The normalized spacial score (nSPS) is 10.9. The Morgan fingerprint density at radius 2 is 1.93 bits per heavy atom. The van der Waals surface area contributed by atoms with Crippen LogP contribution in [0.3, 0.4) is 0 Å². The zero-order valence-electron chi connectivity index (χ0n) is 16.4. The van der Waals surface area contributed by atoms with Crippen LogP contribution in [-0.2, 0) is 11.3 Å². The van der Waals surface area contributed by atoms with Gasteiger partial charge in [-0.3, -0.25) is 9.36 Å². The highest BCUT2D eigenvalue weighted by molar-refractivity contribution is 7.99. The Kier molecular flexibility index (Phi) is 6.38. The number of benzene rings is 1. The molecule has 0 aliphatic carbocycles. The number of aromatic amines is 2. The molecule has 0 bridgehead atoms. The van der Waals surface area contributed by atoms with Crippen molar-refractivity contribution in [1.29, 1.82) is 0 Å². The van der Waals surface area contributed by atoms with Crippen LogP contribution < -0.4 is 5.69 Å². The molecule has 0 aliphatic rings. The maximum Gasteiger partial charge on any atom is 0.355 e. The molecule has 29 heavy (non-hydrogen) atoms. The van der Waals surface area contributed by atoms with Crippen molar-refractivity contribution in [1.82, 2.24) is 19.7 Å². The molecule has 0 saturated heterocycles. The van der Waals surface area contributed by atoms with Crippen molar-refractivity contribution in [3.8, 4) is 0 Å². The molecule has 0 amide bonds. The standard InChI is InChI=1S/C20H22N4O4S/c1-4-28-18(26)17-12(2)16(13(3)21-17)15(25)11-29-20-23-22-19(27)24(20)10-14-8-6-5-7-9-14/h5-9,21H,4,10-11H2,1-3H3,(H,22,27). The first-order valence-electron chi connectivity index (χ1n) is 9.13. The largest absolute Gasteiger partial charge is 0.461 e. The Morgan fingerprint density at radius 1 is 1.21 bits per heavy atom. The van der Waals surface area contributed by atoms with Crippen LogP contribution in [0.4, 0.5) is 0 Å². The van der Waals surface area contributed by atoms with Crippen molar-refractivity contribution in [2.24, 2.45) is 0 Å². The van der Waals surface area contributed by atoms with Crippen LogP contribution >= 0.6 is 11.8 Å². The number of rotatable bonds is 8. The molecule has 0 saturated carbocycles. The number of aryl methyl sites for hydroxylation is 1. The molecule has 2 N–H and O–H groups in total. The lowest BCUT2D eigenvalue weighted by molar-refractivity contribution is 0.0519. The Labute approximate surface area is 171 Å². The Hall–Kier alpha value is -3.07. The lowest BCUT2D eigenvalue weighted by Gasteiger charge is -2.06. The first kappa shape index (κ1) is 20.7. The van der Waals surface area contributed by atoms with Crippen molar-refractivity contribution in [2.75, 3.05) is 12.4 Å². The monoisotopic (exact) mass is 414 g/mol. The molecule has 0 radical (unpaired) electrons. The van der Waals surface area contributed by atoms with Gasteiger partial charge in [-0.2, -0.15) is 0 Å². The molecule has 2 aromatic heterocycles. The molecular weight excluding hydrogens is 392 g/mol. The molecule has 152 valence electrons. The highest BCUT2D eigenvalue weighted by atomic mass is 32.2. The van der Waals surface area contributed by atoms with Crippen LogP contribution in [0.25, 0.3) is 0 Å². The lowest BCUT2D eigenvalue weighted by atomic mass is 10.1. The summed E-state index contributed by atoms with van der Waals surface area (Å²) in [5.74, 6) is -0.553. The summed E-state index contributed by atoms with van der Waals surface area (Å²) >= 11 is 1.18. The maximum atomic E-state index is 12.8. The van der Waals surface area contributed by atoms with Crippen molar-refractivity contribution in [2.45, 2.75) is 32.5 Å². The average Bonchev–Trinajstić information content (AvgIpc) is 3.20. The van der Waals surface area contributed by atoms with Crippen LogP contribution in [0.1, 0.15) is 44.6 Å². The molecule has 8 nitrogen and oxygen atoms in total. The third-order valence-corrected chi connectivity index (χ3v) is 5.41. The molecule has 9 heteroatoms. The van der Waals surface area contributed by atoms with E-state index in [0.29, 0.717) is 34.2 Å². The van der Waals surface area contributed by atoms with Crippen LogP contribution in [0.2, 0.25) is 0 Å². The number of Topliss-reactive ketones (excluding diaryl/α,β-unsaturated/α-hetero) is 1. The number of nitrogens with zero attached hydrogens (tertiary/aromatic N) is 2. The number of hydrogen-bond donors (Lipinski definition) is 2. The molecule has 0 spiro atoms. The number of H-pyrrole nitrogens is 2. The number of esters is 1. The van der Waals surface area contributed by atoms with E-state index in [2.05, 4.69) is 15.2 Å². The van der Waals surface area contributed by atoms with E-state index in [1.165, 1.54) is 16.3 Å². The number of ketones is 1. The summed E-state index contributed by atoms with van der Waals surface area (Å²) in [6, 6.07) is 9.54. The van der Waals surface area contributed by atoms with E-state index in [-0.39, 0.29) is 23.8 Å². The van der Waals surface area contributed by atoms with Crippen molar-refractivity contribution >= 4 is 23.5 Å². The van der Waals surface area contributed by atoms with Gasteiger partial charge in [0.1, 0.15) is 5.69 Å². The predicted molar refractivity (Wildman–Crippen MR) is 110 cm³/mol. The van der Waals surface area contributed by atoms with Gasteiger partial charge in [-0.15, -0.1) is 5.10 Å². The molecule has 2 heterocycles. The van der Waals surface area contributed by atoms with Gasteiger partial charge in [-0.25, -0.2) is 14.7 Å². The number of hydrogen-bond acceptors (Lipinski definition) is 6. The van der Waals surface area contributed by atoms with E-state index in [1.54, 1.807) is 20.8 Å². The lowest BCUT2D eigenvalue weighted by Crippen LogP contribution is -2.18. The molecule has 3 rings (SSSR count). The fourth-order valence-electron chi connectivity index (χ4n) is 3.10. The van der Waals surface area contributed by atoms with Gasteiger partial charge in [0.2, 0.25) is 0 Å². The van der Waals surface area contributed by atoms with Crippen LogP contribution in [0.15, 0.2) is 40.3 Å². The van der Waals surface area contributed by atoms with Crippen molar-refractivity contribution < 1.29 is 14.3 Å². The third-order valence-electron chi connectivity index (χ3n) is 4.44. The molecule has 1 aromatic carbocycles. The summed E-state index contributed by atoms with van der Waals surface area (Å²) in [5.41, 5.74) is 2.56. The highest BCUT2D eigenvalue weighted by Crippen LogP contribution is 2.23. The first-order chi connectivity index (χ1) is 13.9. The first-order valence-corrected chi connectivity index (χ1v) is 10.1. The fourth-order valence-corrected chi connectivity index (χ4v) is 3.91. The van der Waals surface area contributed by atoms with Gasteiger partial charge in [-0.05, 0) is 31.9 Å². The van der Waals surface area contributed by atoms with E-state index >= 15 is 0 Å². The molecular formula is C20H22N4O4S. The zero-order valence-corrected chi connectivity index (χ0v) is 17.3. The van der Waals surface area contributed by atoms with Crippen molar-refractivity contribution in [3.05, 3.63) is 68.9 Å². The third kappa shape index (κ3) is 4.51. The number of ether oxygens (including phenoxy) is 1. The molecule has 0 aliphatic heterocycles. The molecule has 3 aromatic rings. The minimum Gasteiger partial charge on any atom is -0.461 e. The second-order valence-electron chi connectivity index (χ2n) is 6.44. The number of carbonyl (C=O) groups is 2. The van der Waals surface area contributed by atoms with Gasteiger partial charge >= 0.3 is 11.7 Å². The number of nitrogens with one attached hydrogen (secondary N) is 2. The number of aromatic nitrogens is 4. The van der Waals surface area contributed by atoms with Crippen molar-refractivity contribution in [3.63, 3.8) is 0 Å². The predicted octanol–water partition coefficient (Wildman–Crippen LogP) is 2.72. The minimum absolute atomic E-state index is 0.0842. The smallest absolute Gasteiger partial charge is 0.355 e. The summed E-state index contributed by atoms with van der Waals surface area (Å²) in [6.45, 7) is 5.81.